The van der Waals surface area contributed by atoms with Gasteiger partial charge in [-0.25, -0.2) is 0 Å². The van der Waals surface area contributed by atoms with Gasteiger partial charge in [-0.3, -0.25) is 0 Å². The van der Waals surface area contributed by atoms with Gasteiger partial charge in [-0.2, -0.15) is 0 Å². The maximum atomic E-state index is 6.07. The van der Waals surface area contributed by atoms with Crippen LogP contribution in [0.2, 0.25) is 0 Å². The highest BCUT2D eigenvalue weighted by atomic mass is 15.2. The van der Waals surface area contributed by atoms with E-state index in [2.05, 4.69) is 43.0 Å². The van der Waals surface area contributed by atoms with Crippen molar-refractivity contribution in [1.82, 2.24) is 0 Å². The van der Waals surface area contributed by atoms with Gasteiger partial charge in [0.15, 0.2) is 0 Å². The summed E-state index contributed by atoms with van der Waals surface area (Å²) in [5.41, 5.74) is 9.08. The number of para-hydroxylation sites is 1. The lowest BCUT2D eigenvalue weighted by Gasteiger charge is -2.46. The fourth-order valence-corrected chi connectivity index (χ4v) is 4.22. The van der Waals surface area contributed by atoms with E-state index in [0.29, 0.717) is 12.0 Å². The molecule has 1 fully saturated rings. The molecule has 0 saturated heterocycles. The second-order valence-electron chi connectivity index (χ2n) is 7.07. The first-order chi connectivity index (χ1) is 9.69. The van der Waals surface area contributed by atoms with Gasteiger partial charge in [0.05, 0.1) is 0 Å². The van der Waals surface area contributed by atoms with E-state index in [9.17, 15) is 0 Å². The molecule has 1 aliphatic carbocycles. The van der Waals surface area contributed by atoms with Gasteiger partial charge in [-0.1, -0.05) is 38.5 Å². The number of benzene rings is 1. The average Bonchev–Trinajstić information content (AvgIpc) is 2.46. The largest absolute Gasteiger partial charge is 0.368 e. The molecule has 0 aromatic heterocycles. The molecule has 2 heteroatoms. The number of nitrogens with two attached hydrogens (primary N) is 1. The molecule has 3 rings (SSSR count). The molecule has 2 N–H and O–H groups in total. The molecule has 0 spiro atoms. The van der Waals surface area contributed by atoms with E-state index in [0.717, 1.165) is 18.4 Å². The Balaban J connectivity index is 1.92. The van der Waals surface area contributed by atoms with E-state index in [1.54, 1.807) is 0 Å². The first-order valence-electron chi connectivity index (χ1n) is 8.23. The minimum atomic E-state index is 0.646. The lowest BCUT2D eigenvalue weighted by Crippen LogP contribution is -2.50. The van der Waals surface area contributed by atoms with Crippen molar-refractivity contribution in [1.29, 1.82) is 0 Å². The zero-order chi connectivity index (χ0) is 14.1. The third-order valence-electron chi connectivity index (χ3n) is 5.30. The van der Waals surface area contributed by atoms with Crippen LogP contribution in [-0.2, 0) is 6.42 Å². The van der Waals surface area contributed by atoms with Crippen LogP contribution in [-0.4, -0.2) is 19.1 Å². The smallest absolute Gasteiger partial charge is 0.0401 e. The number of anilines is 1. The van der Waals surface area contributed by atoms with Crippen molar-refractivity contribution < 1.29 is 0 Å². The molecule has 1 aromatic rings. The summed E-state index contributed by atoms with van der Waals surface area (Å²) in [6, 6.07) is 9.63. The molecule has 1 heterocycles. The summed E-state index contributed by atoms with van der Waals surface area (Å²) in [6.45, 7) is 6.82. The van der Waals surface area contributed by atoms with Gasteiger partial charge in [-0.15, -0.1) is 0 Å². The molecule has 1 aliphatic heterocycles. The Morgan fingerprint density at radius 1 is 1.15 bits per heavy atom. The normalized spacial score (nSPS) is 33.9. The summed E-state index contributed by atoms with van der Waals surface area (Å²) < 4.78 is 0. The minimum Gasteiger partial charge on any atom is -0.368 e. The first-order valence-corrected chi connectivity index (χ1v) is 8.23. The van der Waals surface area contributed by atoms with Crippen LogP contribution in [0, 0.1) is 17.8 Å². The van der Waals surface area contributed by atoms with E-state index in [1.807, 2.05) is 0 Å². The van der Waals surface area contributed by atoms with E-state index in [4.69, 9.17) is 5.73 Å². The molecular formula is C18H28N2. The maximum Gasteiger partial charge on any atom is 0.0401 e. The maximum absolute atomic E-state index is 6.07. The lowest BCUT2D eigenvalue weighted by atomic mass is 9.77. The van der Waals surface area contributed by atoms with Crippen molar-refractivity contribution in [3.8, 4) is 0 Å². The highest BCUT2D eigenvalue weighted by molar-refractivity contribution is 5.56. The molecular weight excluding hydrogens is 244 g/mol. The van der Waals surface area contributed by atoms with Crippen LogP contribution in [0.25, 0.3) is 0 Å². The average molecular weight is 272 g/mol. The Labute approximate surface area is 123 Å². The third kappa shape index (κ3) is 2.58. The summed E-state index contributed by atoms with van der Waals surface area (Å²) >= 11 is 0. The topological polar surface area (TPSA) is 29.3 Å². The van der Waals surface area contributed by atoms with Crippen LogP contribution in [0.3, 0.4) is 0 Å². The van der Waals surface area contributed by atoms with Crippen molar-refractivity contribution in [2.75, 3.05) is 18.0 Å². The van der Waals surface area contributed by atoms with Crippen molar-refractivity contribution >= 4 is 5.69 Å². The SMILES string of the molecule is CC1CCC(CN)C(N2CC(C)Cc3ccccc32)C1. The summed E-state index contributed by atoms with van der Waals surface area (Å²) in [4.78, 5) is 2.69. The van der Waals surface area contributed by atoms with Crippen LogP contribution in [0.4, 0.5) is 5.69 Å². The highest BCUT2D eigenvalue weighted by Gasteiger charge is 2.35. The molecule has 1 aromatic carbocycles. The molecule has 1 saturated carbocycles. The van der Waals surface area contributed by atoms with Crippen molar-refractivity contribution in [2.45, 2.75) is 45.6 Å². The Hall–Kier alpha value is -1.02. The predicted molar refractivity (Wildman–Crippen MR) is 86.0 cm³/mol. The minimum absolute atomic E-state index is 0.646. The quantitative estimate of drug-likeness (QED) is 0.893. The first kappa shape index (κ1) is 13.9. The van der Waals surface area contributed by atoms with Crippen LogP contribution < -0.4 is 10.6 Å². The standard InChI is InChI=1S/C18H28N2/c1-13-7-8-16(11-19)18(10-13)20-12-14(2)9-15-5-3-4-6-17(15)20/h3-6,13-14,16,18H,7-12,19H2,1-2H3. The summed E-state index contributed by atoms with van der Waals surface area (Å²) in [6.07, 6.45) is 5.18. The van der Waals surface area contributed by atoms with E-state index in [-0.39, 0.29) is 0 Å². The van der Waals surface area contributed by atoms with Gasteiger partial charge in [0.2, 0.25) is 0 Å². The molecule has 2 nitrogen and oxygen atoms in total. The van der Waals surface area contributed by atoms with E-state index >= 15 is 0 Å². The number of fused-ring (bicyclic) bond motifs is 1. The number of nitrogens with zero attached hydrogens (tertiary/aromatic N) is 1. The molecule has 110 valence electrons. The number of hydrogen-bond donors (Lipinski definition) is 1. The Morgan fingerprint density at radius 3 is 2.75 bits per heavy atom. The molecule has 20 heavy (non-hydrogen) atoms. The summed E-state index contributed by atoms with van der Waals surface area (Å²) in [5.74, 6) is 2.26. The van der Waals surface area contributed by atoms with Gasteiger partial charge in [0.1, 0.15) is 0 Å². The second-order valence-corrected chi connectivity index (χ2v) is 7.07. The fraction of sp³-hybridized carbons (Fsp3) is 0.667. The molecule has 0 bridgehead atoms. The van der Waals surface area contributed by atoms with Gasteiger partial charge >= 0.3 is 0 Å². The van der Waals surface area contributed by atoms with Crippen LogP contribution >= 0.6 is 0 Å². The zero-order valence-corrected chi connectivity index (χ0v) is 12.9. The van der Waals surface area contributed by atoms with Gasteiger partial charge in [-0.05, 0) is 55.2 Å². The summed E-state index contributed by atoms with van der Waals surface area (Å²) in [7, 11) is 0. The van der Waals surface area contributed by atoms with Crippen LogP contribution in [0.5, 0.6) is 0 Å². The highest BCUT2D eigenvalue weighted by Crippen LogP contribution is 2.38. The van der Waals surface area contributed by atoms with Crippen molar-refractivity contribution in [3.63, 3.8) is 0 Å². The van der Waals surface area contributed by atoms with Gasteiger partial charge in [0, 0.05) is 18.3 Å². The Bertz CT molecular complexity index is 456. The number of hydrogen-bond acceptors (Lipinski definition) is 2. The van der Waals surface area contributed by atoms with Gasteiger partial charge < -0.3 is 10.6 Å². The monoisotopic (exact) mass is 272 g/mol. The fourth-order valence-electron chi connectivity index (χ4n) is 4.22. The van der Waals surface area contributed by atoms with Crippen molar-refractivity contribution in [2.24, 2.45) is 23.5 Å². The summed E-state index contributed by atoms with van der Waals surface area (Å²) in [5, 5.41) is 0. The molecule has 4 unspecified atom stereocenters. The van der Waals surface area contributed by atoms with Crippen molar-refractivity contribution in [3.05, 3.63) is 29.8 Å². The molecule has 0 radical (unpaired) electrons. The van der Waals surface area contributed by atoms with Crippen LogP contribution in [0.15, 0.2) is 24.3 Å². The molecule has 0 amide bonds. The Kier molecular flexibility index (Phi) is 4.02. The second kappa shape index (κ2) is 5.77. The third-order valence-corrected chi connectivity index (χ3v) is 5.30. The van der Waals surface area contributed by atoms with Crippen LogP contribution in [0.1, 0.15) is 38.7 Å². The predicted octanol–water partition coefficient (Wildman–Crippen LogP) is 3.45. The lowest BCUT2D eigenvalue weighted by molar-refractivity contribution is 0.236. The van der Waals surface area contributed by atoms with E-state index in [1.165, 1.54) is 43.5 Å². The van der Waals surface area contributed by atoms with E-state index < -0.39 is 0 Å². The zero-order valence-electron chi connectivity index (χ0n) is 12.9. The van der Waals surface area contributed by atoms with Gasteiger partial charge in [0.25, 0.3) is 0 Å². The number of rotatable bonds is 2. The molecule has 2 aliphatic rings. The Morgan fingerprint density at radius 2 is 1.95 bits per heavy atom. The molecule has 4 atom stereocenters.